The fourth-order valence-corrected chi connectivity index (χ4v) is 2.88. The summed E-state index contributed by atoms with van der Waals surface area (Å²) in [6, 6.07) is 12.5. The minimum absolute atomic E-state index is 0.171. The van der Waals surface area contributed by atoms with E-state index in [9.17, 15) is 18.0 Å². The van der Waals surface area contributed by atoms with Crippen LogP contribution in [0.3, 0.4) is 0 Å². The molecule has 0 unspecified atom stereocenters. The summed E-state index contributed by atoms with van der Waals surface area (Å²) < 4.78 is 51.2. The van der Waals surface area contributed by atoms with Gasteiger partial charge in [-0.25, -0.2) is 0 Å². The minimum Gasteiger partial charge on any atom is -0.497 e. The Morgan fingerprint density at radius 3 is 2.53 bits per heavy atom. The molecule has 0 atom stereocenters. The second-order valence-corrected chi connectivity index (χ2v) is 6.40. The van der Waals surface area contributed by atoms with Gasteiger partial charge in [-0.05, 0) is 55.3 Å². The van der Waals surface area contributed by atoms with Gasteiger partial charge in [-0.2, -0.15) is 0 Å². The summed E-state index contributed by atoms with van der Waals surface area (Å²) >= 11 is 0. The molecular weight excluding hydrogens is 401 g/mol. The van der Waals surface area contributed by atoms with Crippen LogP contribution in [0.4, 0.5) is 13.2 Å². The molecule has 2 aromatic carbocycles. The smallest absolute Gasteiger partial charge is 0.497 e. The van der Waals surface area contributed by atoms with E-state index in [1.54, 1.807) is 14.0 Å². The molecule has 3 aromatic rings. The number of rotatable bonds is 7. The molecule has 1 N–H and O–H groups in total. The van der Waals surface area contributed by atoms with Crippen LogP contribution in [-0.2, 0) is 6.42 Å². The summed E-state index contributed by atoms with van der Waals surface area (Å²) in [7, 11) is 1.58. The van der Waals surface area contributed by atoms with Crippen LogP contribution in [0.2, 0.25) is 0 Å². The highest BCUT2D eigenvalue weighted by atomic mass is 19.4. The molecule has 1 amide bonds. The lowest BCUT2D eigenvalue weighted by Gasteiger charge is -2.09. The zero-order valence-corrected chi connectivity index (χ0v) is 16.2. The van der Waals surface area contributed by atoms with E-state index in [1.807, 2.05) is 24.3 Å². The van der Waals surface area contributed by atoms with Crippen molar-refractivity contribution in [1.29, 1.82) is 0 Å². The molecule has 0 saturated carbocycles. The maximum absolute atomic E-state index is 12.7. The molecule has 30 heavy (non-hydrogen) atoms. The van der Waals surface area contributed by atoms with Gasteiger partial charge in [0.25, 0.3) is 5.91 Å². The van der Waals surface area contributed by atoms with Gasteiger partial charge >= 0.3 is 6.36 Å². The number of aromatic nitrogens is 1. The third-order valence-corrected chi connectivity index (χ3v) is 4.27. The molecule has 6 nitrogen and oxygen atoms in total. The quantitative estimate of drug-likeness (QED) is 0.608. The standard InChI is InChI=1S/C21H19F3N2O4/c1-13-18(20(27)25-11-10-14-4-3-5-17(12-14)28-2)19(30-26-13)15-6-8-16(9-7-15)29-21(22,23)24/h3-9,12H,10-11H2,1-2H3,(H,25,27). The van der Waals surface area contributed by atoms with Crippen LogP contribution in [0.25, 0.3) is 11.3 Å². The van der Waals surface area contributed by atoms with E-state index in [0.29, 0.717) is 24.2 Å². The highest BCUT2D eigenvalue weighted by molar-refractivity contribution is 6.00. The summed E-state index contributed by atoms with van der Waals surface area (Å²) in [6.45, 7) is 1.99. The zero-order valence-electron chi connectivity index (χ0n) is 16.2. The van der Waals surface area contributed by atoms with Gasteiger partial charge in [0.1, 0.15) is 17.1 Å². The molecule has 1 aromatic heterocycles. The minimum atomic E-state index is -4.78. The third-order valence-electron chi connectivity index (χ3n) is 4.27. The molecule has 0 bridgehead atoms. The lowest BCUT2D eigenvalue weighted by atomic mass is 10.1. The number of nitrogens with one attached hydrogen (secondary N) is 1. The van der Waals surface area contributed by atoms with Crippen LogP contribution in [0.15, 0.2) is 53.1 Å². The predicted molar refractivity (Wildman–Crippen MR) is 102 cm³/mol. The van der Waals surface area contributed by atoms with Crippen molar-refractivity contribution in [2.75, 3.05) is 13.7 Å². The van der Waals surface area contributed by atoms with Crippen LogP contribution in [0, 0.1) is 6.92 Å². The number of alkyl halides is 3. The molecule has 0 fully saturated rings. The van der Waals surface area contributed by atoms with Crippen molar-refractivity contribution in [2.45, 2.75) is 19.7 Å². The fourth-order valence-electron chi connectivity index (χ4n) is 2.88. The van der Waals surface area contributed by atoms with E-state index in [4.69, 9.17) is 9.26 Å². The topological polar surface area (TPSA) is 73.6 Å². The molecule has 3 rings (SSSR count). The number of benzene rings is 2. The summed E-state index contributed by atoms with van der Waals surface area (Å²) in [4.78, 5) is 12.7. The Morgan fingerprint density at radius 1 is 1.13 bits per heavy atom. The molecular formula is C21H19F3N2O4. The normalized spacial score (nSPS) is 11.2. The number of ether oxygens (including phenoxy) is 2. The van der Waals surface area contributed by atoms with E-state index < -0.39 is 6.36 Å². The molecule has 0 aliphatic carbocycles. The Labute approximate surface area is 170 Å². The van der Waals surface area contributed by atoms with Gasteiger partial charge in [-0.3, -0.25) is 4.79 Å². The van der Waals surface area contributed by atoms with Crippen LogP contribution in [0.5, 0.6) is 11.5 Å². The predicted octanol–water partition coefficient (Wildman–Crippen LogP) is 4.53. The number of aryl methyl sites for hydroxylation is 1. The second kappa shape index (κ2) is 8.89. The SMILES string of the molecule is COc1cccc(CCNC(=O)c2c(C)noc2-c2ccc(OC(F)(F)F)cc2)c1. The van der Waals surface area contributed by atoms with Gasteiger partial charge in [0, 0.05) is 12.1 Å². The van der Waals surface area contributed by atoms with Gasteiger partial charge in [-0.15, -0.1) is 13.2 Å². The van der Waals surface area contributed by atoms with Crippen molar-refractivity contribution in [3.63, 3.8) is 0 Å². The average Bonchev–Trinajstić information content (AvgIpc) is 3.09. The monoisotopic (exact) mass is 420 g/mol. The maximum atomic E-state index is 12.7. The maximum Gasteiger partial charge on any atom is 0.573 e. The van der Waals surface area contributed by atoms with Gasteiger partial charge in [0.05, 0.1) is 12.8 Å². The van der Waals surface area contributed by atoms with E-state index in [2.05, 4.69) is 15.2 Å². The van der Waals surface area contributed by atoms with Crippen molar-refractivity contribution < 1.29 is 32.0 Å². The van der Waals surface area contributed by atoms with Crippen LogP contribution in [0.1, 0.15) is 21.6 Å². The van der Waals surface area contributed by atoms with Crippen LogP contribution in [-0.4, -0.2) is 31.1 Å². The van der Waals surface area contributed by atoms with Crippen LogP contribution >= 0.6 is 0 Å². The molecule has 0 spiro atoms. The van der Waals surface area contributed by atoms with Crippen LogP contribution < -0.4 is 14.8 Å². The Morgan fingerprint density at radius 2 is 1.87 bits per heavy atom. The molecule has 0 aliphatic heterocycles. The van der Waals surface area contributed by atoms with Crippen molar-refractivity contribution in [1.82, 2.24) is 10.5 Å². The third kappa shape index (κ3) is 5.31. The Kier molecular flexibility index (Phi) is 6.29. The summed E-state index contributed by atoms with van der Waals surface area (Å²) in [6.07, 6.45) is -4.19. The Balaban J connectivity index is 1.69. The van der Waals surface area contributed by atoms with Crippen molar-refractivity contribution in [3.05, 3.63) is 65.4 Å². The number of methoxy groups -OCH3 is 1. The highest BCUT2D eigenvalue weighted by Crippen LogP contribution is 2.29. The van der Waals surface area contributed by atoms with Gasteiger partial charge < -0.3 is 19.3 Å². The van der Waals surface area contributed by atoms with E-state index in [-0.39, 0.29) is 23.0 Å². The molecule has 0 aliphatic rings. The first-order valence-corrected chi connectivity index (χ1v) is 9.00. The lowest BCUT2D eigenvalue weighted by Crippen LogP contribution is -2.26. The highest BCUT2D eigenvalue weighted by Gasteiger charge is 2.31. The number of carbonyl (C=O) groups is 1. The van der Waals surface area contributed by atoms with Gasteiger partial charge in [-0.1, -0.05) is 17.3 Å². The summed E-state index contributed by atoms with van der Waals surface area (Å²) in [5.41, 5.74) is 2.00. The van der Waals surface area contributed by atoms with Gasteiger partial charge in [0.2, 0.25) is 0 Å². The molecule has 1 heterocycles. The van der Waals surface area contributed by atoms with Crippen molar-refractivity contribution in [2.24, 2.45) is 0 Å². The first-order chi connectivity index (χ1) is 14.3. The average molecular weight is 420 g/mol. The van der Waals surface area contributed by atoms with E-state index in [0.717, 1.165) is 23.4 Å². The molecule has 0 radical (unpaired) electrons. The first kappa shape index (κ1) is 21.2. The first-order valence-electron chi connectivity index (χ1n) is 9.00. The van der Waals surface area contributed by atoms with E-state index in [1.165, 1.54) is 12.1 Å². The van der Waals surface area contributed by atoms with Gasteiger partial charge in [0.15, 0.2) is 5.76 Å². The Hall–Kier alpha value is -3.49. The fraction of sp³-hybridized carbons (Fsp3) is 0.238. The number of nitrogens with zero attached hydrogens (tertiary/aromatic N) is 1. The lowest BCUT2D eigenvalue weighted by molar-refractivity contribution is -0.274. The summed E-state index contributed by atoms with van der Waals surface area (Å²) in [5, 5.41) is 6.63. The van der Waals surface area contributed by atoms with Crippen molar-refractivity contribution >= 4 is 5.91 Å². The zero-order chi connectivity index (χ0) is 21.7. The molecule has 0 saturated heterocycles. The largest absolute Gasteiger partial charge is 0.573 e. The molecule has 9 heteroatoms. The molecule has 158 valence electrons. The van der Waals surface area contributed by atoms with E-state index >= 15 is 0 Å². The number of halogens is 3. The number of hydrogen-bond acceptors (Lipinski definition) is 5. The number of carbonyl (C=O) groups excluding carboxylic acids is 1. The second-order valence-electron chi connectivity index (χ2n) is 6.40. The summed E-state index contributed by atoms with van der Waals surface area (Å²) in [5.74, 6) is 0.146. The van der Waals surface area contributed by atoms with Crippen molar-refractivity contribution in [3.8, 4) is 22.8 Å². The number of amides is 1. The Bertz CT molecular complexity index is 1010. The number of hydrogen-bond donors (Lipinski definition) is 1.